The van der Waals surface area contributed by atoms with Gasteiger partial charge in [-0.15, -0.1) is 0 Å². The zero-order chi connectivity index (χ0) is 13.1. The van der Waals surface area contributed by atoms with E-state index in [2.05, 4.69) is 10.3 Å². The summed E-state index contributed by atoms with van der Waals surface area (Å²) in [7, 11) is 0. The normalized spacial score (nSPS) is 10.5. The van der Waals surface area contributed by atoms with Crippen molar-refractivity contribution in [2.24, 2.45) is 0 Å². The molecule has 2 aromatic rings. The highest BCUT2D eigenvalue weighted by Crippen LogP contribution is 2.23. The number of non-ortho nitro benzene ring substituents is 1. The molecule has 18 heavy (non-hydrogen) atoms. The van der Waals surface area contributed by atoms with Gasteiger partial charge in [0.15, 0.2) is 0 Å². The second-order valence-electron chi connectivity index (χ2n) is 3.67. The van der Waals surface area contributed by atoms with E-state index in [4.69, 9.17) is 5.11 Å². The number of amides is 1. The van der Waals surface area contributed by atoms with Crippen molar-refractivity contribution in [3.05, 3.63) is 40.1 Å². The molecule has 0 aliphatic rings. The molecule has 0 spiro atoms. The van der Waals surface area contributed by atoms with E-state index in [1.807, 2.05) is 0 Å². The van der Waals surface area contributed by atoms with Crippen LogP contribution in [0.4, 0.5) is 5.69 Å². The first-order chi connectivity index (χ1) is 8.63. The zero-order valence-corrected chi connectivity index (χ0v) is 9.34. The van der Waals surface area contributed by atoms with Crippen molar-refractivity contribution in [2.75, 3.05) is 13.2 Å². The summed E-state index contributed by atoms with van der Waals surface area (Å²) in [6.07, 6.45) is 1.49. The third-order valence-corrected chi connectivity index (χ3v) is 2.52. The number of carbonyl (C=O) groups is 1. The molecule has 0 aliphatic heterocycles. The molecular formula is C11H11N3O4. The van der Waals surface area contributed by atoms with Crippen LogP contribution in [0.25, 0.3) is 10.9 Å². The molecule has 0 saturated heterocycles. The molecule has 2 rings (SSSR count). The summed E-state index contributed by atoms with van der Waals surface area (Å²) in [5.41, 5.74) is 0.898. The molecule has 1 aromatic heterocycles. The van der Waals surface area contributed by atoms with Crippen molar-refractivity contribution in [1.82, 2.24) is 10.3 Å². The van der Waals surface area contributed by atoms with E-state index >= 15 is 0 Å². The molecule has 0 unspecified atom stereocenters. The fourth-order valence-corrected chi connectivity index (χ4v) is 1.67. The summed E-state index contributed by atoms with van der Waals surface area (Å²) in [4.78, 5) is 24.8. The maximum absolute atomic E-state index is 11.7. The predicted molar refractivity (Wildman–Crippen MR) is 64.4 cm³/mol. The third-order valence-electron chi connectivity index (χ3n) is 2.52. The van der Waals surface area contributed by atoms with E-state index in [0.29, 0.717) is 16.5 Å². The molecule has 3 N–H and O–H groups in total. The Bertz CT molecular complexity index is 605. The maximum atomic E-state index is 11.7. The molecule has 1 heterocycles. The summed E-state index contributed by atoms with van der Waals surface area (Å²) in [5, 5.41) is 22.3. The molecule has 0 fully saturated rings. The topological polar surface area (TPSA) is 108 Å². The van der Waals surface area contributed by atoms with Crippen LogP contribution in [0.15, 0.2) is 24.4 Å². The third kappa shape index (κ3) is 2.16. The van der Waals surface area contributed by atoms with E-state index < -0.39 is 4.92 Å². The number of hydrogen-bond donors (Lipinski definition) is 3. The van der Waals surface area contributed by atoms with Gasteiger partial charge in [0.1, 0.15) is 0 Å². The minimum atomic E-state index is -0.512. The highest BCUT2D eigenvalue weighted by molar-refractivity contribution is 6.07. The Balaban J connectivity index is 2.42. The lowest BCUT2D eigenvalue weighted by atomic mass is 10.1. The average molecular weight is 249 g/mol. The number of H-pyrrole nitrogens is 1. The van der Waals surface area contributed by atoms with Gasteiger partial charge < -0.3 is 15.4 Å². The van der Waals surface area contributed by atoms with Gasteiger partial charge in [-0.05, 0) is 6.07 Å². The summed E-state index contributed by atoms with van der Waals surface area (Å²) in [5.74, 6) is -0.379. The lowest BCUT2D eigenvalue weighted by Crippen LogP contribution is -2.26. The summed E-state index contributed by atoms with van der Waals surface area (Å²) < 4.78 is 0. The second kappa shape index (κ2) is 4.84. The fraction of sp³-hybridized carbons (Fsp3) is 0.182. The molecule has 1 aromatic carbocycles. The van der Waals surface area contributed by atoms with E-state index in [1.165, 1.54) is 18.3 Å². The van der Waals surface area contributed by atoms with E-state index in [0.717, 1.165) is 0 Å². The lowest BCUT2D eigenvalue weighted by Gasteiger charge is -2.01. The lowest BCUT2D eigenvalue weighted by molar-refractivity contribution is -0.384. The monoisotopic (exact) mass is 249 g/mol. The molecule has 0 aliphatic carbocycles. The van der Waals surface area contributed by atoms with E-state index in [-0.39, 0.29) is 24.7 Å². The maximum Gasteiger partial charge on any atom is 0.270 e. The number of nitrogens with one attached hydrogen (secondary N) is 2. The first-order valence-corrected chi connectivity index (χ1v) is 5.28. The molecule has 0 atom stereocenters. The van der Waals surface area contributed by atoms with Crippen molar-refractivity contribution in [3.63, 3.8) is 0 Å². The van der Waals surface area contributed by atoms with Gasteiger partial charge >= 0.3 is 0 Å². The van der Waals surface area contributed by atoms with Gasteiger partial charge in [0.05, 0.1) is 17.1 Å². The number of aliphatic hydroxyl groups is 1. The smallest absolute Gasteiger partial charge is 0.270 e. The number of hydrogen-bond acceptors (Lipinski definition) is 4. The Labute approximate surface area is 102 Å². The standard InChI is InChI=1S/C11H11N3O4/c15-4-3-12-11(16)9-6-13-10-2-1-7(14(17)18)5-8(9)10/h1-2,5-6,13,15H,3-4H2,(H,12,16). The number of aliphatic hydroxyl groups excluding tert-OH is 1. The first-order valence-electron chi connectivity index (χ1n) is 5.28. The molecular weight excluding hydrogens is 238 g/mol. The molecule has 1 amide bonds. The molecule has 94 valence electrons. The van der Waals surface area contributed by atoms with Crippen LogP contribution < -0.4 is 5.32 Å². The number of nitro groups is 1. The first kappa shape index (κ1) is 12.1. The number of aromatic nitrogens is 1. The zero-order valence-electron chi connectivity index (χ0n) is 9.34. The van der Waals surface area contributed by atoms with Crippen LogP contribution in [-0.2, 0) is 0 Å². The Kier molecular flexibility index (Phi) is 3.24. The number of rotatable bonds is 4. The van der Waals surface area contributed by atoms with Gasteiger partial charge in [-0.3, -0.25) is 14.9 Å². The van der Waals surface area contributed by atoms with Crippen LogP contribution in [0.5, 0.6) is 0 Å². The van der Waals surface area contributed by atoms with Crippen molar-refractivity contribution in [3.8, 4) is 0 Å². The largest absolute Gasteiger partial charge is 0.395 e. The number of benzene rings is 1. The van der Waals surface area contributed by atoms with Crippen LogP contribution >= 0.6 is 0 Å². The Morgan fingerprint density at radius 1 is 1.50 bits per heavy atom. The summed E-state index contributed by atoms with van der Waals surface area (Å²) in [6.45, 7) is -0.0192. The molecule has 0 radical (unpaired) electrons. The van der Waals surface area contributed by atoms with Crippen molar-refractivity contribution in [1.29, 1.82) is 0 Å². The molecule has 0 bridgehead atoms. The van der Waals surface area contributed by atoms with Crippen LogP contribution in [0.2, 0.25) is 0 Å². The van der Waals surface area contributed by atoms with Crippen LogP contribution in [0, 0.1) is 10.1 Å². The van der Waals surface area contributed by atoms with E-state index in [9.17, 15) is 14.9 Å². The van der Waals surface area contributed by atoms with Crippen LogP contribution in [0.1, 0.15) is 10.4 Å². The number of fused-ring (bicyclic) bond motifs is 1. The number of nitrogens with zero attached hydrogens (tertiary/aromatic N) is 1. The molecule has 7 nitrogen and oxygen atoms in total. The SMILES string of the molecule is O=C(NCCO)c1c[nH]c2ccc([N+](=O)[O-])cc12. The summed E-state index contributed by atoms with van der Waals surface area (Å²) in [6, 6.07) is 4.27. The van der Waals surface area contributed by atoms with Gasteiger partial charge in [-0.25, -0.2) is 0 Å². The van der Waals surface area contributed by atoms with Crippen molar-refractivity contribution >= 4 is 22.5 Å². The predicted octanol–water partition coefficient (Wildman–Crippen LogP) is 0.798. The van der Waals surface area contributed by atoms with Gasteiger partial charge in [0.2, 0.25) is 0 Å². The average Bonchev–Trinajstić information content (AvgIpc) is 2.78. The van der Waals surface area contributed by atoms with Gasteiger partial charge in [0, 0.05) is 35.8 Å². The highest BCUT2D eigenvalue weighted by atomic mass is 16.6. The summed E-state index contributed by atoms with van der Waals surface area (Å²) >= 11 is 0. The Morgan fingerprint density at radius 3 is 2.94 bits per heavy atom. The van der Waals surface area contributed by atoms with Gasteiger partial charge in [-0.2, -0.15) is 0 Å². The van der Waals surface area contributed by atoms with Crippen molar-refractivity contribution < 1.29 is 14.8 Å². The van der Waals surface area contributed by atoms with Gasteiger partial charge in [-0.1, -0.05) is 0 Å². The minimum Gasteiger partial charge on any atom is -0.395 e. The van der Waals surface area contributed by atoms with Crippen LogP contribution in [0.3, 0.4) is 0 Å². The quantitative estimate of drug-likeness (QED) is 0.550. The Morgan fingerprint density at radius 2 is 2.28 bits per heavy atom. The van der Waals surface area contributed by atoms with Crippen molar-refractivity contribution in [2.45, 2.75) is 0 Å². The molecule has 0 saturated carbocycles. The minimum absolute atomic E-state index is 0.0710. The number of carbonyl (C=O) groups excluding carboxylic acids is 1. The highest BCUT2D eigenvalue weighted by Gasteiger charge is 2.14. The van der Waals surface area contributed by atoms with E-state index in [1.54, 1.807) is 6.07 Å². The van der Waals surface area contributed by atoms with Crippen LogP contribution in [-0.4, -0.2) is 34.1 Å². The Hall–Kier alpha value is -2.41. The number of aromatic amines is 1. The number of nitro benzene ring substituents is 1. The van der Waals surface area contributed by atoms with Gasteiger partial charge in [0.25, 0.3) is 11.6 Å². The fourth-order valence-electron chi connectivity index (χ4n) is 1.67. The molecule has 7 heteroatoms. The second-order valence-corrected chi connectivity index (χ2v) is 3.67.